The standard InChI is InChI=1S/C21H30N4O4.HI/c1-5-22-21(25-14-16-7-8-17(27-3)13-18(16)28-4)24-11-6-10-23-20(26)19-15(2)9-12-29-19;/h7-9,12-13H,5-6,10-11,14H2,1-4H3,(H,23,26)(H2,22,24,25);1H. The Hall–Kier alpha value is -2.43. The van der Waals surface area contributed by atoms with Crippen molar-refractivity contribution in [3.63, 3.8) is 0 Å². The van der Waals surface area contributed by atoms with Crippen molar-refractivity contribution >= 4 is 35.8 Å². The second-order valence-corrected chi connectivity index (χ2v) is 6.34. The minimum atomic E-state index is -0.195. The predicted octanol–water partition coefficient (Wildman–Crippen LogP) is 3.10. The van der Waals surface area contributed by atoms with Gasteiger partial charge in [0.25, 0.3) is 5.91 Å². The molecule has 0 saturated carbocycles. The van der Waals surface area contributed by atoms with Gasteiger partial charge < -0.3 is 29.8 Å². The fourth-order valence-electron chi connectivity index (χ4n) is 2.67. The first kappa shape index (κ1) is 25.6. The SMILES string of the molecule is CCNC(=NCc1ccc(OC)cc1OC)NCCCNC(=O)c1occc1C.I. The van der Waals surface area contributed by atoms with E-state index in [0.717, 1.165) is 35.6 Å². The lowest BCUT2D eigenvalue weighted by Gasteiger charge is -2.13. The van der Waals surface area contributed by atoms with Crippen molar-refractivity contribution in [1.29, 1.82) is 0 Å². The van der Waals surface area contributed by atoms with Gasteiger partial charge in [0.05, 0.1) is 27.0 Å². The smallest absolute Gasteiger partial charge is 0.287 e. The predicted molar refractivity (Wildman–Crippen MR) is 128 cm³/mol. The molecule has 166 valence electrons. The topological polar surface area (TPSA) is 97.1 Å². The highest BCUT2D eigenvalue weighted by atomic mass is 127. The molecule has 1 heterocycles. The maximum absolute atomic E-state index is 12.0. The number of halogens is 1. The summed E-state index contributed by atoms with van der Waals surface area (Å²) in [5.74, 6) is 2.35. The Bertz CT molecular complexity index is 823. The van der Waals surface area contributed by atoms with E-state index in [1.807, 2.05) is 32.0 Å². The molecule has 9 heteroatoms. The van der Waals surface area contributed by atoms with Crippen molar-refractivity contribution < 1.29 is 18.7 Å². The number of hydrogen-bond donors (Lipinski definition) is 3. The van der Waals surface area contributed by atoms with Gasteiger partial charge in [0.1, 0.15) is 11.5 Å². The molecule has 1 aromatic carbocycles. The van der Waals surface area contributed by atoms with Gasteiger partial charge in [-0.15, -0.1) is 24.0 Å². The minimum absolute atomic E-state index is 0. The van der Waals surface area contributed by atoms with Crippen LogP contribution in [0.2, 0.25) is 0 Å². The van der Waals surface area contributed by atoms with E-state index in [4.69, 9.17) is 13.9 Å². The number of aryl methyl sites for hydroxylation is 1. The van der Waals surface area contributed by atoms with Crippen LogP contribution in [0, 0.1) is 6.92 Å². The average Bonchev–Trinajstić information content (AvgIpc) is 3.17. The van der Waals surface area contributed by atoms with E-state index in [0.29, 0.717) is 31.4 Å². The van der Waals surface area contributed by atoms with E-state index in [9.17, 15) is 4.79 Å². The number of aliphatic imine (C=N–C) groups is 1. The lowest BCUT2D eigenvalue weighted by Crippen LogP contribution is -2.38. The first-order valence-corrected chi connectivity index (χ1v) is 9.64. The van der Waals surface area contributed by atoms with Gasteiger partial charge in [-0.1, -0.05) is 0 Å². The minimum Gasteiger partial charge on any atom is -0.497 e. The Morgan fingerprint density at radius 2 is 1.87 bits per heavy atom. The number of hydrogen-bond acceptors (Lipinski definition) is 5. The van der Waals surface area contributed by atoms with E-state index in [-0.39, 0.29) is 29.9 Å². The molecule has 8 nitrogen and oxygen atoms in total. The third kappa shape index (κ3) is 7.77. The molecule has 0 fully saturated rings. The molecule has 0 radical (unpaired) electrons. The summed E-state index contributed by atoms with van der Waals surface area (Å²) in [5, 5.41) is 9.34. The molecule has 0 atom stereocenters. The summed E-state index contributed by atoms with van der Waals surface area (Å²) in [6, 6.07) is 7.44. The van der Waals surface area contributed by atoms with Crippen LogP contribution in [0.4, 0.5) is 0 Å². The van der Waals surface area contributed by atoms with Gasteiger partial charge >= 0.3 is 0 Å². The Morgan fingerprint density at radius 3 is 2.50 bits per heavy atom. The van der Waals surface area contributed by atoms with E-state index < -0.39 is 0 Å². The van der Waals surface area contributed by atoms with Crippen LogP contribution >= 0.6 is 24.0 Å². The third-order valence-corrected chi connectivity index (χ3v) is 4.25. The van der Waals surface area contributed by atoms with Crippen LogP contribution in [0.15, 0.2) is 39.9 Å². The highest BCUT2D eigenvalue weighted by molar-refractivity contribution is 14.0. The first-order chi connectivity index (χ1) is 14.1. The molecule has 0 saturated heterocycles. The largest absolute Gasteiger partial charge is 0.497 e. The van der Waals surface area contributed by atoms with Crippen molar-refractivity contribution in [2.45, 2.75) is 26.8 Å². The lowest BCUT2D eigenvalue weighted by atomic mass is 10.2. The highest BCUT2D eigenvalue weighted by Gasteiger charge is 2.11. The number of nitrogens with zero attached hydrogens (tertiary/aromatic N) is 1. The van der Waals surface area contributed by atoms with Gasteiger partial charge in [0.15, 0.2) is 11.7 Å². The summed E-state index contributed by atoms with van der Waals surface area (Å²) < 4.78 is 15.8. The molecule has 0 aliphatic carbocycles. The van der Waals surface area contributed by atoms with Crippen molar-refractivity contribution in [3.05, 3.63) is 47.4 Å². The van der Waals surface area contributed by atoms with Crippen LogP contribution in [-0.4, -0.2) is 45.7 Å². The Labute approximate surface area is 194 Å². The summed E-state index contributed by atoms with van der Waals surface area (Å²) in [5.41, 5.74) is 1.79. The molecular formula is C21H31IN4O4. The summed E-state index contributed by atoms with van der Waals surface area (Å²) in [4.78, 5) is 16.6. The summed E-state index contributed by atoms with van der Waals surface area (Å²) in [6.45, 7) is 6.28. The molecule has 3 N–H and O–H groups in total. The molecule has 1 aromatic heterocycles. The molecule has 30 heavy (non-hydrogen) atoms. The van der Waals surface area contributed by atoms with Gasteiger partial charge in [0.2, 0.25) is 0 Å². The fraction of sp³-hybridized carbons (Fsp3) is 0.429. The van der Waals surface area contributed by atoms with Crippen LogP contribution in [0.25, 0.3) is 0 Å². The van der Waals surface area contributed by atoms with Gasteiger partial charge in [-0.3, -0.25) is 4.79 Å². The van der Waals surface area contributed by atoms with Gasteiger partial charge in [-0.25, -0.2) is 4.99 Å². The van der Waals surface area contributed by atoms with Crippen molar-refractivity contribution in [1.82, 2.24) is 16.0 Å². The molecule has 0 bridgehead atoms. The molecule has 2 rings (SSSR count). The lowest BCUT2D eigenvalue weighted by molar-refractivity contribution is 0.0925. The number of rotatable bonds is 10. The molecule has 1 amide bonds. The molecule has 0 aliphatic rings. The number of amides is 1. The number of guanidine groups is 1. The second kappa shape index (κ2) is 13.7. The van der Waals surface area contributed by atoms with E-state index in [1.54, 1.807) is 20.3 Å². The number of carbonyl (C=O) groups is 1. The van der Waals surface area contributed by atoms with Crippen LogP contribution in [0.3, 0.4) is 0 Å². The molecule has 0 unspecified atom stereocenters. The fourth-order valence-corrected chi connectivity index (χ4v) is 2.67. The quantitative estimate of drug-likeness (QED) is 0.189. The zero-order chi connectivity index (χ0) is 21.1. The summed E-state index contributed by atoms with van der Waals surface area (Å²) in [6.07, 6.45) is 2.27. The number of methoxy groups -OCH3 is 2. The van der Waals surface area contributed by atoms with E-state index in [2.05, 4.69) is 20.9 Å². The van der Waals surface area contributed by atoms with Crippen LogP contribution in [0.1, 0.15) is 35.0 Å². The van der Waals surface area contributed by atoms with Crippen molar-refractivity contribution in [3.8, 4) is 11.5 Å². The highest BCUT2D eigenvalue weighted by Crippen LogP contribution is 2.25. The van der Waals surface area contributed by atoms with Crippen LogP contribution in [0.5, 0.6) is 11.5 Å². The van der Waals surface area contributed by atoms with Crippen molar-refractivity contribution in [2.75, 3.05) is 33.9 Å². The van der Waals surface area contributed by atoms with Crippen LogP contribution < -0.4 is 25.4 Å². The normalized spacial score (nSPS) is 10.7. The van der Waals surface area contributed by atoms with Gasteiger partial charge in [0, 0.05) is 36.8 Å². The number of carbonyl (C=O) groups excluding carboxylic acids is 1. The van der Waals surface area contributed by atoms with E-state index in [1.165, 1.54) is 6.26 Å². The Kier molecular flexibility index (Phi) is 11.7. The van der Waals surface area contributed by atoms with E-state index >= 15 is 0 Å². The van der Waals surface area contributed by atoms with Crippen LogP contribution in [-0.2, 0) is 6.54 Å². The monoisotopic (exact) mass is 530 g/mol. The van der Waals surface area contributed by atoms with Gasteiger partial charge in [-0.05, 0) is 38.5 Å². The zero-order valence-electron chi connectivity index (χ0n) is 17.9. The Balaban J connectivity index is 0.00000450. The summed E-state index contributed by atoms with van der Waals surface area (Å²) >= 11 is 0. The third-order valence-electron chi connectivity index (χ3n) is 4.25. The number of ether oxygens (including phenoxy) is 2. The summed E-state index contributed by atoms with van der Waals surface area (Å²) in [7, 11) is 3.25. The molecule has 0 aliphatic heterocycles. The zero-order valence-corrected chi connectivity index (χ0v) is 20.2. The van der Waals surface area contributed by atoms with Gasteiger partial charge in [-0.2, -0.15) is 0 Å². The van der Waals surface area contributed by atoms with Crippen molar-refractivity contribution in [2.24, 2.45) is 4.99 Å². The first-order valence-electron chi connectivity index (χ1n) is 9.64. The second-order valence-electron chi connectivity index (χ2n) is 6.34. The number of nitrogens with one attached hydrogen (secondary N) is 3. The number of benzene rings is 1. The molecule has 0 spiro atoms. The molecule has 2 aromatic rings. The molecular weight excluding hydrogens is 499 g/mol. The average molecular weight is 530 g/mol. The maximum Gasteiger partial charge on any atom is 0.287 e. The Morgan fingerprint density at radius 1 is 1.10 bits per heavy atom. The number of furan rings is 1. The maximum atomic E-state index is 12.0.